The zero-order valence-corrected chi connectivity index (χ0v) is 11.0. The van der Waals surface area contributed by atoms with Crippen LogP contribution in [0.25, 0.3) is 0 Å². The van der Waals surface area contributed by atoms with Gasteiger partial charge in [0.25, 0.3) is 0 Å². The summed E-state index contributed by atoms with van der Waals surface area (Å²) in [6, 6.07) is 1.17. The van der Waals surface area contributed by atoms with Gasteiger partial charge in [-0.1, -0.05) is 0 Å². The molecule has 0 unspecified atom stereocenters. The van der Waals surface area contributed by atoms with E-state index in [1.165, 1.54) is 31.2 Å². The molecule has 1 saturated carbocycles. The molecule has 0 aliphatic heterocycles. The third-order valence-electron chi connectivity index (χ3n) is 3.88. The van der Waals surface area contributed by atoms with Crippen molar-refractivity contribution in [3.63, 3.8) is 0 Å². The molecule has 0 bridgehead atoms. The fraction of sp³-hybridized carbons (Fsp3) is 0.769. The van der Waals surface area contributed by atoms with Crippen molar-refractivity contribution in [2.45, 2.75) is 44.2 Å². The van der Waals surface area contributed by atoms with Crippen LogP contribution in [-0.4, -0.2) is 40.4 Å². The molecule has 2 N–H and O–H groups in total. The van der Waals surface area contributed by atoms with Gasteiger partial charge < -0.3 is 10.6 Å². The van der Waals surface area contributed by atoms with Crippen LogP contribution in [0.5, 0.6) is 0 Å². The van der Waals surface area contributed by atoms with Crippen LogP contribution in [0.3, 0.4) is 0 Å². The third kappa shape index (κ3) is 3.54. The Morgan fingerprint density at radius 3 is 2.71 bits per heavy atom. The average Bonchev–Trinajstić information content (AvgIpc) is 2.73. The number of aromatic nitrogens is 2. The molecule has 0 amide bonds. The lowest BCUT2D eigenvalue weighted by atomic mass is 9.91. The average molecular weight is 236 g/mol. The largest absolute Gasteiger partial charge is 0.328 e. The molecule has 1 heterocycles. The van der Waals surface area contributed by atoms with E-state index < -0.39 is 0 Å². The maximum absolute atomic E-state index is 5.94. The van der Waals surface area contributed by atoms with E-state index in [2.05, 4.69) is 23.2 Å². The van der Waals surface area contributed by atoms with Gasteiger partial charge in [0.15, 0.2) is 0 Å². The maximum Gasteiger partial charge on any atom is 0.0522 e. The quantitative estimate of drug-likeness (QED) is 0.853. The van der Waals surface area contributed by atoms with E-state index in [-0.39, 0.29) is 0 Å². The molecule has 0 saturated heterocycles. The van der Waals surface area contributed by atoms with Crippen LogP contribution in [-0.2, 0) is 13.5 Å². The Hall–Kier alpha value is -0.870. The highest BCUT2D eigenvalue weighted by Gasteiger charge is 2.21. The highest BCUT2D eigenvalue weighted by Crippen LogP contribution is 2.21. The first-order valence-corrected chi connectivity index (χ1v) is 6.58. The van der Waals surface area contributed by atoms with E-state index in [0.717, 1.165) is 19.0 Å². The highest BCUT2D eigenvalue weighted by molar-refractivity contribution is 5.04. The van der Waals surface area contributed by atoms with Gasteiger partial charge in [-0.25, -0.2) is 0 Å². The second kappa shape index (κ2) is 5.65. The van der Waals surface area contributed by atoms with Gasteiger partial charge in [-0.15, -0.1) is 0 Å². The summed E-state index contributed by atoms with van der Waals surface area (Å²) in [5, 5.41) is 4.20. The zero-order chi connectivity index (χ0) is 12.3. The van der Waals surface area contributed by atoms with Crippen LogP contribution in [0.1, 0.15) is 31.2 Å². The summed E-state index contributed by atoms with van der Waals surface area (Å²) in [5.74, 6) is 0. The summed E-state index contributed by atoms with van der Waals surface area (Å²) < 4.78 is 1.87. The first kappa shape index (κ1) is 12.6. The summed E-state index contributed by atoms with van der Waals surface area (Å²) in [5.41, 5.74) is 7.26. The number of hydrogen-bond donors (Lipinski definition) is 1. The van der Waals surface area contributed by atoms with E-state index in [4.69, 9.17) is 5.73 Å². The summed E-state index contributed by atoms with van der Waals surface area (Å²) >= 11 is 0. The van der Waals surface area contributed by atoms with E-state index in [0.29, 0.717) is 6.04 Å². The first-order valence-electron chi connectivity index (χ1n) is 6.58. The van der Waals surface area contributed by atoms with Crippen molar-refractivity contribution in [2.24, 2.45) is 12.8 Å². The fourth-order valence-electron chi connectivity index (χ4n) is 2.63. The minimum Gasteiger partial charge on any atom is -0.328 e. The number of rotatable bonds is 4. The minimum absolute atomic E-state index is 0.443. The molecular formula is C13H24N4. The molecule has 1 aliphatic rings. The number of hydrogen-bond acceptors (Lipinski definition) is 3. The number of aryl methyl sites for hydroxylation is 1. The Morgan fingerprint density at radius 2 is 2.12 bits per heavy atom. The van der Waals surface area contributed by atoms with Crippen LogP contribution in [0.15, 0.2) is 12.4 Å². The second-order valence-electron chi connectivity index (χ2n) is 5.32. The topological polar surface area (TPSA) is 47.1 Å². The molecule has 4 nitrogen and oxygen atoms in total. The van der Waals surface area contributed by atoms with E-state index >= 15 is 0 Å². The molecule has 2 rings (SSSR count). The molecule has 96 valence electrons. The van der Waals surface area contributed by atoms with Crippen molar-refractivity contribution in [1.29, 1.82) is 0 Å². The molecule has 0 radical (unpaired) electrons. The summed E-state index contributed by atoms with van der Waals surface area (Å²) in [4.78, 5) is 2.49. The Balaban J connectivity index is 1.75. The first-order chi connectivity index (χ1) is 8.15. The van der Waals surface area contributed by atoms with E-state index in [1.807, 2.05) is 17.9 Å². The molecular weight excluding hydrogens is 212 g/mol. The normalized spacial score (nSPS) is 25.4. The fourth-order valence-corrected chi connectivity index (χ4v) is 2.63. The van der Waals surface area contributed by atoms with Gasteiger partial charge in [-0.3, -0.25) is 4.68 Å². The van der Waals surface area contributed by atoms with Crippen LogP contribution in [0, 0.1) is 0 Å². The standard InChI is InChI=1S/C13H24N4/c1-16(13-5-3-12(14)4-6-13)8-7-11-9-15-17(2)10-11/h9-10,12-13H,3-8,14H2,1-2H3. The van der Waals surface area contributed by atoms with Crippen molar-refractivity contribution in [3.05, 3.63) is 18.0 Å². The molecule has 1 aliphatic carbocycles. The Bertz CT molecular complexity index is 339. The van der Waals surface area contributed by atoms with Crippen molar-refractivity contribution in [1.82, 2.24) is 14.7 Å². The van der Waals surface area contributed by atoms with Crippen molar-refractivity contribution < 1.29 is 0 Å². The van der Waals surface area contributed by atoms with Gasteiger partial charge in [-0.05, 0) is 44.7 Å². The van der Waals surface area contributed by atoms with Gasteiger partial charge in [0.1, 0.15) is 0 Å². The van der Waals surface area contributed by atoms with E-state index in [1.54, 1.807) is 0 Å². The van der Waals surface area contributed by atoms with Gasteiger partial charge >= 0.3 is 0 Å². The van der Waals surface area contributed by atoms with Crippen molar-refractivity contribution >= 4 is 0 Å². The monoisotopic (exact) mass is 236 g/mol. The predicted molar refractivity (Wildman–Crippen MR) is 69.8 cm³/mol. The molecule has 0 spiro atoms. The molecule has 1 aromatic rings. The summed E-state index contributed by atoms with van der Waals surface area (Å²) in [6.07, 6.45) is 10.0. The van der Waals surface area contributed by atoms with Gasteiger partial charge in [0.05, 0.1) is 6.20 Å². The number of likely N-dealkylation sites (N-methyl/N-ethyl adjacent to an activating group) is 1. The molecule has 17 heavy (non-hydrogen) atoms. The van der Waals surface area contributed by atoms with E-state index in [9.17, 15) is 0 Å². The van der Waals surface area contributed by atoms with Gasteiger partial charge in [0.2, 0.25) is 0 Å². The molecule has 0 aromatic carbocycles. The predicted octanol–water partition coefficient (Wildman–Crippen LogP) is 1.16. The molecule has 4 heteroatoms. The lowest BCUT2D eigenvalue weighted by Crippen LogP contribution is -2.39. The minimum atomic E-state index is 0.443. The van der Waals surface area contributed by atoms with Crippen LogP contribution >= 0.6 is 0 Å². The van der Waals surface area contributed by atoms with Crippen LogP contribution in [0.4, 0.5) is 0 Å². The Labute approximate surface area is 104 Å². The molecule has 0 atom stereocenters. The van der Waals surface area contributed by atoms with Crippen LogP contribution in [0.2, 0.25) is 0 Å². The highest BCUT2D eigenvalue weighted by atomic mass is 15.2. The SMILES string of the molecule is CN(CCc1cnn(C)c1)C1CCC(N)CC1. The summed E-state index contributed by atoms with van der Waals surface area (Å²) in [7, 11) is 4.20. The Morgan fingerprint density at radius 1 is 1.41 bits per heavy atom. The smallest absolute Gasteiger partial charge is 0.0522 e. The lowest BCUT2D eigenvalue weighted by Gasteiger charge is -2.33. The number of nitrogens with two attached hydrogens (primary N) is 1. The zero-order valence-electron chi connectivity index (χ0n) is 11.0. The van der Waals surface area contributed by atoms with Crippen molar-refractivity contribution in [2.75, 3.05) is 13.6 Å². The third-order valence-corrected chi connectivity index (χ3v) is 3.88. The maximum atomic E-state index is 5.94. The number of nitrogens with zero attached hydrogens (tertiary/aromatic N) is 3. The van der Waals surface area contributed by atoms with Crippen LogP contribution < -0.4 is 5.73 Å². The van der Waals surface area contributed by atoms with Crippen molar-refractivity contribution in [3.8, 4) is 0 Å². The van der Waals surface area contributed by atoms with Gasteiger partial charge in [-0.2, -0.15) is 5.10 Å². The molecule has 1 fully saturated rings. The molecule has 1 aromatic heterocycles. The lowest BCUT2D eigenvalue weighted by molar-refractivity contribution is 0.185. The van der Waals surface area contributed by atoms with Gasteiger partial charge in [0, 0.05) is 31.9 Å². The second-order valence-corrected chi connectivity index (χ2v) is 5.32. The summed E-state index contributed by atoms with van der Waals surface area (Å²) in [6.45, 7) is 1.12. The Kier molecular flexibility index (Phi) is 4.18.